The number of ether oxygens (including phenoxy) is 3. The van der Waals surface area contributed by atoms with Crippen molar-refractivity contribution in [3.63, 3.8) is 0 Å². The van der Waals surface area contributed by atoms with E-state index in [9.17, 15) is 0 Å². The highest BCUT2D eigenvalue weighted by Gasteiger charge is 2.33. The van der Waals surface area contributed by atoms with Crippen molar-refractivity contribution in [2.24, 2.45) is 0 Å². The lowest BCUT2D eigenvalue weighted by atomic mass is 10.0. The summed E-state index contributed by atoms with van der Waals surface area (Å²) in [5, 5.41) is 0. The van der Waals surface area contributed by atoms with Crippen LogP contribution in [-0.2, 0) is 14.2 Å². The van der Waals surface area contributed by atoms with Gasteiger partial charge in [-0.2, -0.15) is 0 Å². The number of rotatable bonds is 8. The van der Waals surface area contributed by atoms with Crippen molar-refractivity contribution < 1.29 is 14.2 Å². The van der Waals surface area contributed by atoms with Crippen LogP contribution in [0.15, 0.2) is 48.5 Å². The zero-order chi connectivity index (χ0) is 17.2. The maximum absolute atomic E-state index is 6.56. The quantitative estimate of drug-likeness (QED) is 0.569. The fourth-order valence-electron chi connectivity index (χ4n) is 3.05. The highest BCUT2D eigenvalue weighted by atomic mass is 16.6. The van der Waals surface area contributed by atoms with Gasteiger partial charge in [-0.15, -0.1) is 0 Å². The summed E-state index contributed by atoms with van der Waals surface area (Å²) in [7, 11) is 0. The fraction of sp³-hybridized carbons (Fsp3) is 0.400. The van der Waals surface area contributed by atoms with Crippen LogP contribution in [0.4, 0.5) is 11.4 Å². The zero-order valence-electron chi connectivity index (χ0n) is 14.1. The first-order valence-electron chi connectivity index (χ1n) is 8.77. The van der Waals surface area contributed by atoms with Crippen LogP contribution in [0.3, 0.4) is 0 Å². The van der Waals surface area contributed by atoms with E-state index in [1.165, 1.54) is 0 Å². The minimum atomic E-state index is -0.0330. The number of nitrogen functional groups attached to an aromatic ring is 2. The Morgan fingerprint density at radius 1 is 0.760 bits per heavy atom. The molecule has 0 aromatic heterocycles. The van der Waals surface area contributed by atoms with Crippen molar-refractivity contribution in [3.8, 4) is 0 Å². The summed E-state index contributed by atoms with van der Waals surface area (Å²) in [4.78, 5) is 0. The summed E-state index contributed by atoms with van der Waals surface area (Å²) in [6, 6.07) is 15.8. The van der Waals surface area contributed by atoms with Crippen molar-refractivity contribution in [1.82, 2.24) is 0 Å². The van der Waals surface area contributed by atoms with Crippen LogP contribution >= 0.6 is 0 Å². The SMILES string of the molecule is Nc1ccc(C(CC2CO2)OC(CC2CO2)c2ccc(N)cc2)cc1. The van der Waals surface area contributed by atoms with Crippen LogP contribution in [0, 0.1) is 0 Å². The highest BCUT2D eigenvalue weighted by molar-refractivity contribution is 5.41. The second-order valence-corrected chi connectivity index (χ2v) is 6.83. The smallest absolute Gasteiger partial charge is 0.0859 e. The predicted molar refractivity (Wildman–Crippen MR) is 97.0 cm³/mol. The average Bonchev–Trinajstić information content (AvgIpc) is 3.51. The summed E-state index contributed by atoms with van der Waals surface area (Å²) in [5.74, 6) is 0. The Morgan fingerprint density at radius 3 is 1.44 bits per heavy atom. The molecule has 5 nitrogen and oxygen atoms in total. The topological polar surface area (TPSA) is 86.3 Å². The third kappa shape index (κ3) is 4.51. The first-order chi connectivity index (χ1) is 12.2. The van der Waals surface area contributed by atoms with Gasteiger partial charge in [0.2, 0.25) is 0 Å². The van der Waals surface area contributed by atoms with E-state index in [1.54, 1.807) is 0 Å². The zero-order valence-corrected chi connectivity index (χ0v) is 14.1. The third-order valence-corrected chi connectivity index (χ3v) is 4.70. The maximum Gasteiger partial charge on any atom is 0.0859 e. The third-order valence-electron chi connectivity index (χ3n) is 4.70. The minimum Gasteiger partial charge on any atom is -0.399 e. The second-order valence-electron chi connectivity index (χ2n) is 6.83. The van der Waals surface area contributed by atoms with Crippen molar-refractivity contribution >= 4 is 11.4 Å². The van der Waals surface area contributed by atoms with E-state index in [0.717, 1.165) is 48.6 Å². The van der Waals surface area contributed by atoms with Crippen molar-refractivity contribution in [2.45, 2.75) is 37.3 Å². The van der Waals surface area contributed by atoms with Gasteiger partial charge < -0.3 is 25.7 Å². The van der Waals surface area contributed by atoms with Gasteiger partial charge in [0.05, 0.1) is 37.6 Å². The van der Waals surface area contributed by atoms with E-state index < -0.39 is 0 Å². The molecule has 0 saturated carbocycles. The highest BCUT2D eigenvalue weighted by Crippen LogP contribution is 2.37. The van der Waals surface area contributed by atoms with Gasteiger partial charge >= 0.3 is 0 Å². The number of hydrogen-bond donors (Lipinski definition) is 2. The van der Waals surface area contributed by atoms with Gasteiger partial charge in [0.15, 0.2) is 0 Å². The Kier molecular flexibility index (Phi) is 4.61. The predicted octanol–water partition coefficient (Wildman–Crippen LogP) is 3.23. The van der Waals surface area contributed by atoms with Gasteiger partial charge in [-0.05, 0) is 35.4 Å². The van der Waals surface area contributed by atoms with Crippen LogP contribution < -0.4 is 11.5 Å². The summed E-state index contributed by atoms with van der Waals surface area (Å²) in [6.07, 6.45) is 2.20. The summed E-state index contributed by atoms with van der Waals surface area (Å²) >= 11 is 0. The number of nitrogens with two attached hydrogens (primary N) is 2. The monoisotopic (exact) mass is 340 g/mol. The molecule has 0 radical (unpaired) electrons. The Balaban J connectivity index is 1.55. The van der Waals surface area contributed by atoms with Crippen LogP contribution in [0.25, 0.3) is 0 Å². The molecule has 2 aromatic rings. The first kappa shape index (κ1) is 16.4. The molecule has 0 aliphatic carbocycles. The molecule has 132 valence electrons. The lowest BCUT2D eigenvalue weighted by Crippen LogP contribution is -2.14. The molecule has 0 spiro atoms. The van der Waals surface area contributed by atoms with E-state index in [2.05, 4.69) is 0 Å². The van der Waals surface area contributed by atoms with Crippen molar-refractivity contribution in [1.29, 1.82) is 0 Å². The number of anilines is 2. The Labute approximate surface area is 147 Å². The molecule has 0 bridgehead atoms. The Morgan fingerprint density at radius 2 is 1.12 bits per heavy atom. The molecule has 2 saturated heterocycles. The van der Waals surface area contributed by atoms with E-state index in [4.69, 9.17) is 25.7 Å². The van der Waals surface area contributed by atoms with E-state index >= 15 is 0 Å². The van der Waals surface area contributed by atoms with Crippen LogP contribution in [-0.4, -0.2) is 25.4 Å². The maximum atomic E-state index is 6.56. The molecule has 25 heavy (non-hydrogen) atoms. The molecule has 4 rings (SSSR count). The molecular weight excluding hydrogens is 316 g/mol. The Hall–Kier alpha value is -2.08. The van der Waals surface area contributed by atoms with E-state index in [1.807, 2.05) is 48.5 Å². The Bertz CT molecular complexity index is 632. The van der Waals surface area contributed by atoms with Crippen LogP contribution in [0.2, 0.25) is 0 Å². The number of benzene rings is 2. The van der Waals surface area contributed by atoms with Gasteiger partial charge in [-0.25, -0.2) is 0 Å². The van der Waals surface area contributed by atoms with Gasteiger partial charge in [0.1, 0.15) is 0 Å². The van der Waals surface area contributed by atoms with Crippen LogP contribution in [0.5, 0.6) is 0 Å². The van der Waals surface area contributed by atoms with Gasteiger partial charge in [-0.3, -0.25) is 0 Å². The molecule has 4 unspecified atom stereocenters. The van der Waals surface area contributed by atoms with Gasteiger partial charge in [0, 0.05) is 24.2 Å². The second kappa shape index (κ2) is 7.04. The summed E-state index contributed by atoms with van der Waals surface area (Å²) in [6.45, 7) is 1.63. The molecule has 0 amide bonds. The molecule has 2 aromatic carbocycles. The molecule has 2 fully saturated rings. The molecule has 2 aliphatic heterocycles. The molecule has 5 heteroatoms. The molecule has 2 aliphatic rings. The minimum absolute atomic E-state index is 0.0330. The molecular formula is C20H24N2O3. The molecule has 4 N–H and O–H groups in total. The van der Waals surface area contributed by atoms with E-state index in [-0.39, 0.29) is 24.4 Å². The van der Waals surface area contributed by atoms with E-state index in [0.29, 0.717) is 0 Å². The lowest BCUT2D eigenvalue weighted by Gasteiger charge is -2.25. The summed E-state index contributed by atoms with van der Waals surface area (Å²) in [5.41, 5.74) is 15.4. The molecule has 2 heterocycles. The number of epoxide rings is 2. The molecule has 4 atom stereocenters. The number of hydrogen-bond acceptors (Lipinski definition) is 5. The normalized spacial score (nSPS) is 23.8. The van der Waals surface area contributed by atoms with Crippen LogP contribution in [0.1, 0.15) is 36.2 Å². The average molecular weight is 340 g/mol. The first-order valence-corrected chi connectivity index (χ1v) is 8.77. The lowest BCUT2D eigenvalue weighted by molar-refractivity contribution is -0.0302. The van der Waals surface area contributed by atoms with Gasteiger partial charge in [0.25, 0.3) is 0 Å². The largest absolute Gasteiger partial charge is 0.399 e. The van der Waals surface area contributed by atoms with Crippen molar-refractivity contribution in [2.75, 3.05) is 24.7 Å². The fourth-order valence-corrected chi connectivity index (χ4v) is 3.05. The summed E-state index contributed by atoms with van der Waals surface area (Å²) < 4.78 is 17.4. The van der Waals surface area contributed by atoms with Crippen molar-refractivity contribution in [3.05, 3.63) is 59.7 Å². The standard InChI is InChI=1S/C20H24N2O3/c21-15-5-1-13(2-6-15)19(9-17-11-23-17)25-20(10-18-12-24-18)14-3-7-16(22)8-4-14/h1-8,17-20H,9-12,21-22H2. The van der Waals surface area contributed by atoms with Gasteiger partial charge in [-0.1, -0.05) is 24.3 Å².